The molecule has 9 N–H and O–H groups in total. The van der Waals surface area contributed by atoms with Crippen molar-refractivity contribution >= 4 is 40.5 Å². The van der Waals surface area contributed by atoms with E-state index in [1.807, 2.05) is 24.3 Å². The Kier molecular flexibility index (Phi) is 9.76. The van der Waals surface area contributed by atoms with E-state index in [0.29, 0.717) is 0 Å². The van der Waals surface area contributed by atoms with Crippen molar-refractivity contribution in [3.05, 3.63) is 36.0 Å². The van der Waals surface area contributed by atoms with Gasteiger partial charge in [-0.2, -0.15) is 0 Å². The molecule has 0 saturated carbocycles. The van der Waals surface area contributed by atoms with E-state index >= 15 is 0 Å². The minimum atomic E-state index is -1.22. The molecule has 1 heterocycles. The monoisotopic (exact) mass is 488 g/mol. The van der Waals surface area contributed by atoms with Crippen molar-refractivity contribution in [2.45, 2.75) is 51.2 Å². The summed E-state index contributed by atoms with van der Waals surface area (Å²) in [4.78, 5) is 62.9. The third-order valence-corrected chi connectivity index (χ3v) is 5.44. The van der Waals surface area contributed by atoms with Crippen LogP contribution in [0.3, 0.4) is 0 Å². The predicted molar refractivity (Wildman–Crippen MR) is 128 cm³/mol. The van der Waals surface area contributed by atoms with Gasteiger partial charge in [-0.1, -0.05) is 32.0 Å². The number of fused-ring (bicyclic) bond motifs is 1. The largest absolute Gasteiger partial charge is 0.480 e. The quantitative estimate of drug-likeness (QED) is 0.189. The van der Waals surface area contributed by atoms with Gasteiger partial charge in [0.15, 0.2) is 0 Å². The summed E-state index contributed by atoms with van der Waals surface area (Å²) in [5.74, 6) is -4.10. The van der Waals surface area contributed by atoms with E-state index in [0.717, 1.165) is 16.5 Å². The number of carboxylic acids is 1. The molecule has 0 radical (unpaired) electrons. The van der Waals surface area contributed by atoms with Gasteiger partial charge in [-0.25, -0.2) is 4.79 Å². The van der Waals surface area contributed by atoms with Gasteiger partial charge in [0.05, 0.1) is 12.6 Å². The van der Waals surface area contributed by atoms with Gasteiger partial charge >= 0.3 is 5.97 Å². The zero-order valence-corrected chi connectivity index (χ0v) is 19.7. The summed E-state index contributed by atoms with van der Waals surface area (Å²) in [6, 6.07) is 4.17. The van der Waals surface area contributed by atoms with E-state index < -0.39 is 54.3 Å². The van der Waals surface area contributed by atoms with Crippen LogP contribution in [0, 0.1) is 5.92 Å². The number of amides is 4. The van der Waals surface area contributed by atoms with Gasteiger partial charge < -0.3 is 37.5 Å². The molecule has 0 aliphatic heterocycles. The second-order valence-electron chi connectivity index (χ2n) is 8.58. The number of aromatic nitrogens is 1. The molecular formula is C23H32N6O6. The molecule has 0 aliphatic carbocycles. The van der Waals surface area contributed by atoms with E-state index in [9.17, 15) is 29.1 Å². The molecular weight excluding hydrogens is 456 g/mol. The first-order valence-electron chi connectivity index (χ1n) is 11.2. The van der Waals surface area contributed by atoms with Crippen LogP contribution in [-0.2, 0) is 30.4 Å². The molecule has 3 unspecified atom stereocenters. The number of nitrogens with one attached hydrogen (secondary N) is 4. The van der Waals surface area contributed by atoms with Gasteiger partial charge in [0.2, 0.25) is 23.6 Å². The number of aliphatic carboxylic acids is 1. The molecule has 12 nitrogen and oxygen atoms in total. The Morgan fingerprint density at radius 3 is 2.37 bits per heavy atom. The molecule has 3 atom stereocenters. The van der Waals surface area contributed by atoms with E-state index in [1.165, 1.54) is 0 Å². The molecule has 0 spiro atoms. The van der Waals surface area contributed by atoms with Gasteiger partial charge in [-0.15, -0.1) is 0 Å². The zero-order chi connectivity index (χ0) is 26.1. The van der Waals surface area contributed by atoms with Gasteiger partial charge in [0.1, 0.15) is 12.1 Å². The molecule has 2 rings (SSSR count). The van der Waals surface area contributed by atoms with Crippen LogP contribution < -0.4 is 27.4 Å². The van der Waals surface area contributed by atoms with E-state index in [1.54, 1.807) is 20.0 Å². The Morgan fingerprint density at radius 1 is 1.06 bits per heavy atom. The van der Waals surface area contributed by atoms with E-state index in [2.05, 4.69) is 20.9 Å². The number of hydrogen-bond donors (Lipinski definition) is 7. The second-order valence-corrected chi connectivity index (χ2v) is 8.58. The highest BCUT2D eigenvalue weighted by molar-refractivity contribution is 5.93. The fourth-order valence-electron chi connectivity index (χ4n) is 3.47. The maximum Gasteiger partial charge on any atom is 0.326 e. The lowest BCUT2D eigenvalue weighted by atomic mass is 10.0. The molecule has 1 aromatic carbocycles. The minimum absolute atomic E-state index is 0.0308. The molecule has 190 valence electrons. The number of carboxylic acid groups (broad SMARTS) is 1. The number of H-pyrrole nitrogens is 1. The maximum absolute atomic E-state index is 12.6. The number of aromatic amines is 1. The summed E-state index contributed by atoms with van der Waals surface area (Å²) < 4.78 is 0. The molecule has 4 amide bonds. The van der Waals surface area contributed by atoms with Crippen molar-refractivity contribution in [1.29, 1.82) is 0 Å². The van der Waals surface area contributed by atoms with Crippen molar-refractivity contribution < 1.29 is 29.1 Å². The summed E-state index contributed by atoms with van der Waals surface area (Å²) in [6.45, 7) is 2.91. The maximum atomic E-state index is 12.6. The lowest BCUT2D eigenvalue weighted by molar-refractivity contribution is -0.141. The number of nitrogens with two attached hydrogens (primary N) is 2. The van der Waals surface area contributed by atoms with Crippen molar-refractivity contribution in [1.82, 2.24) is 20.9 Å². The number of rotatable bonds is 13. The smallest absolute Gasteiger partial charge is 0.326 e. The Bertz CT molecular complexity index is 1080. The van der Waals surface area contributed by atoms with Crippen molar-refractivity contribution in [2.75, 3.05) is 6.54 Å². The Balaban J connectivity index is 1.92. The molecule has 0 fully saturated rings. The van der Waals surface area contributed by atoms with Gasteiger partial charge in [-0.3, -0.25) is 19.2 Å². The number of hydrogen-bond acceptors (Lipinski definition) is 6. The van der Waals surface area contributed by atoms with E-state index in [4.69, 9.17) is 11.5 Å². The molecule has 1 aromatic heterocycles. The van der Waals surface area contributed by atoms with Crippen LogP contribution in [0.2, 0.25) is 0 Å². The minimum Gasteiger partial charge on any atom is -0.480 e. The lowest BCUT2D eigenvalue weighted by Gasteiger charge is -2.23. The SMILES string of the molecule is CC(C)C(NC(=O)C(N)CCC(N)=O)C(=O)NCC(=O)NC(Cc1c[nH]c2ccccc12)C(=O)O. The first kappa shape index (κ1) is 27.3. The van der Waals surface area contributed by atoms with Crippen molar-refractivity contribution in [2.24, 2.45) is 17.4 Å². The molecule has 2 aromatic rings. The normalized spacial score (nSPS) is 13.6. The number of benzene rings is 1. The number of primary amides is 1. The summed E-state index contributed by atoms with van der Waals surface area (Å²) in [5.41, 5.74) is 12.4. The first-order chi connectivity index (χ1) is 16.5. The fourth-order valence-corrected chi connectivity index (χ4v) is 3.47. The van der Waals surface area contributed by atoms with Gasteiger partial charge in [0, 0.05) is 29.9 Å². The van der Waals surface area contributed by atoms with Crippen LogP contribution in [0.15, 0.2) is 30.5 Å². The number of carbonyl (C=O) groups excluding carboxylic acids is 4. The Labute approximate surface area is 202 Å². The molecule has 35 heavy (non-hydrogen) atoms. The average Bonchev–Trinajstić information content (AvgIpc) is 3.21. The topological polar surface area (TPSA) is 209 Å². The van der Waals surface area contributed by atoms with Crippen LogP contribution >= 0.6 is 0 Å². The summed E-state index contributed by atoms with van der Waals surface area (Å²) in [6.07, 6.45) is 1.70. The molecule has 0 saturated heterocycles. The van der Waals surface area contributed by atoms with Crippen LogP contribution in [0.25, 0.3) is 10.9 Å². The standard InChI is InChI=1S/C23H32N6O6/c1-12(2)20(29-21(32)15(24)7-8-18(25)30)22(33)27-11-19(31)28-17(23(34)35)9-13-10-26-16-6-4-3-5-14(13)16/h3-6,10,12,15,17,20,26H,7-9,11,24H2,1-2H3,(H2,25,30)(H,27,33)(H,28,31)(H,29,32)(H,34,35). The Hall–Kier alpha value is -3.93. The van der Waals surface area contributed by atoms with E-state index in [-0.39, 0.29) is 25.2 Å². The van der Waals surface area contributed by atoms with Crippen LogP contribution in [-0.4, -0.2) is 64.4 Å². The van der Waals surface area contributed by atoms with Gasteiger partial charge in [0.25, 0.3) is 0 Å². The van der Waals surface area contributed by atoms with Gasteiger partial charge in [-0.05, 0) is 24.0 Å². The highest BCUT2D eigenvalue weighted by atomic mass is 16.4. The fraction of sp³-hybridized carbons (Fsp3) is 0.435. The third-order valence-electron chi connectivity index (χ3n) is 5.44. The van der Waals surface area contributed by atoms with Crippen LogP contribution in [0.1, 0.15) is 32.3 Å². The highest BCUT2D eigenvalue weighted by Gasteiger charge is 2.28. The van der Waals surface area contributed by atoms with Crippen molar-refractivity contribution in [3.63, 3.8) is 0 Å². The second kappa shape index (κ2) is 12.5. The Morgan fingerprint density at radius 2 is 1.74 bits per heavy atom. The zero-order valence-electron chi connectivity index (χ0n) is 19.7. The summed E-state index contributed by atoms with van der Waals surface area (Å²) in [5, 5.41) is 17.7. The lowest BCUT2D eigenvalue weighted by Crippen LogP contribution is -2.55. The summed E-state index contributed by atoms with van der Waals surface area (Å²) in [7, 11) is 0. The molecule has 0 aliphatic rings. The van der Waals surface area contributed by atoms with Crippen LogP contribution in [0.4, 0.5) is 0 Å². The molecule has 12 heteroatoms. The predicted octanol–water partition coefficient (Wildman–Crippen LogP) is -0.870. The highest BCUT2D eigenvalue weighted by Crippen LogP contribution is 2.19. The third kappa shape index (κ3) is 8.10. The summed E-state index contributed by atoms with van der Waals surface area (Å²) >= 11 is 0. The van der Waals surface area contributed by atoms with Crippen molar-refractivity contribution in [3.8, 4) is 0 Å². The average molecular weight is 489 g/mol. The number of carbonyl (C=O) groups is 5. The first-order valence-corrected chi connectivity index (χ1v) is 11.2. The number of para-hydroxylation sites is 1. The molecule has 0 bridgehead atoms. The van der Waals surface area contributed by atoms with Crippen LogP contribution in [0.5, 0.6) is 0 Å².